The lowest BCUT2D eigenvalue weighted by atomic mass is 10.4. The molecule has 1 rings (SSSR count). The van der Waals surface area contributed by atoms with Gasteiger partial charge in [-0.2, -0.15) is 0 Å². The van der Waals surface area contributed by atoms with Gasteiger partial charge >= 0.3 is 5.97 Å². The highest BCUT2D eigenvalue weighted by Crippen LogP contribution is 1.93. The molecule has 0 aliphatic rings. The monoisotopic (exact) mass is 195 g/mol. The van der Waals surface area contributed by atoms with Gasteiger partial charge in [0.2, 0.25) is 0 Å². The number of aryl methyl sites for hydroxylation is 1. The number of hydrogen-bond acceptors (Lipinski definition) is 4. The van der Waals surface area contributed by atoms with E-state index >= 15 is 0 Å². The third-order valence-electron chi connectivity index (χ3n) is 1.66. The average molecular weight is 195 g/mol. The number of nitrogens with one attached hydrogen (secondary N) is 1. The molecule has 2 N–H and O–H groups in total. The van der Waals surface area contributed by atoms with Crippen LogP contribution in [-0.4, -0.2) is 27.6 Å². The van der Waals surface area contributed by atoms with Gasteiger partial charge in [-0.25, -0.2) is 0 Å². The van der Waals surface area contributed by atoms with Gasteiger partial charge in [-0.05, 0) is 6.92 Å². The standard InChI is InChI=1S/C9H13N3O2/c1-7-4-12-8(6-11-7)5-10-3-2-9(13)14/h4,6,10H,2-3,5H2,1H3,(H,13,14). The van der Waals surface area contributed by atoms with Crippen LogP contribution in [0, 0.1) is 6.92 Å². The van der Waals surface area contributed by atoms with Gasteiger partial charge in [-0.3, -0.25) is 14.8 Å². The summed E-state index contributed by atoms with van der Waals surface area (Å²) < 4.78 is 0. The molecular formula is C9H13N3O2. The highest BCUT2D eigenvalue weighted by Gasteiger charge is 1.97. The second-order valence-electron chi connectivity index (χ2n) is 2.97. The normalized spacial score (nSPS) is 10.1. The Kier molecular flexibility index (Phi) is 4.00. The maximum Gasteiger partial charge on any atom is 0.304 e. The lowest BCUT2D eigenvalue weighted by molar-refractivity contribution is -0.136. The fourth-order valence-corrected chi connectivity index (χ4v) is 0.922. The van der Waals surface area contributed by atoms with Crippen LogP contribution in [0.1, 0.15) is 17.8 Å². The highest BCUT2D eigenvalue weighted by molar-refractivity contribution is 5.66. The van der Waals surface area contributed by atoms with Crippen LogP contribution >= 0.6 is 0 Å². The molecule has 0 radical (unpaired) electrons. The third-order valence-corrected chi connectivity index (χ3v) is 1.66. The number of rotatable bonds is 5. The number of carboxylic acid groups (broad SMARTS) is 1. The predicted molar refractivity (Wildman–Crippen MR) is 50.7 cm³/mol. The van der Waals surface area contributed by atoms with Crippen LogP contribution < -0.4 is 5.32 Å². The first kappa shape index (κ1) is 10.6. The van der Waals surface area contributed by atoms with Crippen molar-refractivity contribution >= 4 is 5.97 Å². The molecule has 0 aliphatic heterocycles. The zero-order valence-corrected chi connectivity index (χ0v) is 8.03. The van der Waals surface area contributed by atoms with Gasteiger partial charge in [-0.1, -0.05) is 0 Å². The smallest absolute Gasteiger partial charge is 0.304 e. The summed E-state index contributed by atoms with van der Waals surface area (Å²) in [5.74, 6) is -0.799. The summed E-state index contributed by atoms with van der Waals surface area (Å²) in [7, 11) is 0. The summed E-state index contributed by atoms with van der Waals surface area (Å²) in [6.45, 7) is 2.88. The average Bonchev–Trinajstić information content (AvgIpc) is 2.15. The molecule has 0 fully saturated rings. The Morgan fingerprint density at radius 1 is 1.50 bits per heavy atom. The number of aromatic nitrogens is 2. The highest BCUT2D eigenvalue weighted by atomic mass is 16.4. The molecule has 5 heteroatoms. The number of hydrogen-bond donors (Lipinski definition) is 2. The molecule has 1 aromatic heterocycles. The molecule has 0 atom stereocenters. The molecule has 1 aromatic rings. The number of aliphatic carboxylic acids is 1. The summed E-state index contributed by atoms with van der Waals surface area (Å²) in [6, 6.07) is 0. The van der Waals surface area contributed by atoms with Gasteiger partial charge in [0.25, 0.3) is 0 Å². The van der Waals surface area contributed by atoms with Crippen molar-refractivity contribution in [1.82, 2.24) is 15.3 Å². The molecule has 5 nitrogen and oxygen atoms in total. The molecule has 0 unspecified atom stereocenters. The molecule has 0 amide bonds. The Morgan fingerprint density at radius 3 is 2.86 bits per heavy atom. The first-order valence-electron chi connectivity index (χ1n) is 4.38. The summed E-state index contributed by atoms with van der Waals surface area (Å²) >= 11 is 0. The van der Waals surface area contributed by atoms with E-state index in [9.17, 15) is 4.79 Å². The molecule has 0 aromatic carbocycles. The minimum absolute atomic E-state index is 0.124. The Hall–Kier alpha value is -1.49. The van der Waals surface area contributed by atoms with Crippen LogP contribution in [0.15, 0.2) is 12.4 Å². The van der Waals surface area contributed by atoms with Crippen LogP contribution in [-0.2, 0) is 11.3 Å². The third kappa shape index (κ3) is 3.95. The molecule has 0 spiro atoms. The maximum absolute atomic E-state index is 10.2. The van der Waals surface area contributed by atoms with Crippen molar-refractivity contribution in [1.29, 1.82) is 0 Å². The van der Waals surface area contributed by atoms with Gasteiger partial charge in [0.15, 0.2) is 0 Å². The van der Waals surface area contributed by atoms with Crippen molar-refractivity contribution in [2.75, 3.05) is 6.54 Å². The van der Waals surface area contributed by atoms with Crippen molar-refractivity contribution in [2.24, 2.45) is 0 Å². The van der Waals surface area contributed by atoms with E-state index in [-0.39, 0.29) is 6.42 Å². The van der Waals surface area contributed by atoms with Crippen LogP contribution in [0.4, 0.5) is 0 Å². The number of carboxylic acids is 1. The van der Waals surface area contributed by atoms with Gasteiger partial charge in [0.05, 0.1) is 17.8 Å². The van der Waals surface area contributed by atoms with E-state index in [2.05, 4.69) is 15.3 Å². The molecule has 0 saturated heterocycles. The van der Waals surface area contributed by atoms with Gasteiger partial charge in [0, 0.05) is 25.5 Å². The topological polar surface area (TPSA) is 75.1 Å². The Morgan fingerprint density at radius 2 is 2.29 bits per heavy atom. The van der Waals surface area contributed by atoms with Gasteiger partial charge in [-0.15, -0.1) is 0 Å². The van der Waals surface area contributed by atoms with E-state index in [4.69, 9.17) is 5.11 Å². The van der Waals surface area contributed by atoms with Crippen LogP contribution in [0.5, 0.6) is 0 Å². The maximum atomic E-state index is 10.2. The van der Waals surface area contributed by atoms with Gasteiger partial charge < -0.3 is 10.4 Å². The summed E-state index contributed by atoms with van der Waals surface area (Å²) in [5.41, 5.74) is 1.69. The lowest BCUT2D eigenvalue weighted by Gasteiger charge is -2.01. The summed E-state index contributed by atoms with van der Waals surface area (Å²) in [5, 5.41) is 11.3. The second-order valence-corrected chi connectivity index (χ2v) is 2.97. The van der Waals surface area contributed by atoms with Crippen molar-refractivity contribution in [3.63, 3.8) is 0 Å². The minimum atomic E-state index is -0.799. The van der Waals surface area contributed by atoms with Crippen LogP contribution in [0.2, 0.25) is 0 Å². The quantitative estimate of drug-likeness (QED) is 0.663. The fourth-order valence-electron chi connectivity index (χ4n) is 0.922. The van der Waals surface area contributed by atoms with Crippen molar-refractivity contribution in [3.05, 3.63) is 23.8 Å². The molecule has 14 heavy (non-hydrogen) atoms. The predicted octanol–water partition coefficient (Wildman–Crippen LogP) is 0.349. The van der Waals surface area contributed by atoms with E-state index < -0.39 is 5.97 Å². The molecule has 76 valence electrons. The molecule has 1 heterocycles. The van der Waals surface area contributed by atoms with E-state index in [1.165, 1.54) is 0 Å². The fraction of sp³-hybridized carbons (Fsp3) is 0.444. The molecule has 0 aliphatic carbocycles. The number of carbonyl (C=O) groups is 1. The molecular weight excluding hydrogens is 182 g/mol. The first-order chi connectivity index (χ1) is 6.68. The van der Waals surface area contributed by atoms with E-state index in [0.29, 0.717) is 13.1 Å². The largest absolute Gasteiger partial charge is 0.481 e. The first-order valence-corrected chi connectivity index (χ1v) is 4.38. The minimum Gasteiger partial charge on any atom is -0.481 e. The Bertz CT molecular complexity index is 297. The lowest BCUT2D eigenvalue weighted by Crippen LogP contribution is -2.18. The van der Waals surface area contributed by atoms with Crippen molar-refractivity contribution < 1.29 is 9.90 Å². The molecule has 0 bridgehead atoms. The van der Waals surface area contributed by atoms with Crippen molar-refractivity contribution in [3.8, 4) is 0 Å². The zero-order chi connectivity index (χ0) is 10.4. The summed E-state index contributed by atoms with van der Waals surface area (Å²) in [6.07, 6.45) is 3.50. The van der Waals surface area contributed by atoms with Crippen LogP contribution in [0.25, 0.3) is 0 Å². The zero-order valence-electron chi connectivity index (χ0n) is 8.03. The Labute approximate surface area is 82.2 Å². The van der Waals surface area contributed by atoms with E-state index in [1.807, 2.05) is 6.92 Å². The number of nitrogens with zero attached hydrogens (tertiary/aromatic N) is 2. The van der Waals surface area contributed by atoms with Gasteiger partial charge in [0.1, 0.15) is 0 Å². The van der Waals surface area contributed by atoms with Crippen LogP contribution in [0.3, 0.4) is 0 Å². The summed E-state index contributed by atoms with van der Waals surface area (Å²) in [4.78, 5) is 18.4. The van der Waals surface area contributed by atoms with Crippen molar-refractivity contribution in [2.45, 2.75) is 19.9 Å². The van der Waals surface area contributed by atoms with E-state index in [0.717, 1.165) is 11.4 Å². The SMILES string of the molecule is Cc1cnc(CNCCC(=O)O)cn1. The molecule has 0 saturated carbocycles. The Balaban J connectivity index is 2.25. The van der Waals surface area contributed by atoms with E-state index in [1.54, 1.807) is 12.4 Å². The second kappa shape index (κ2) is 5.29.